The van der Waals surface area contributed by atoms with Gasteiger partial charge in [-0.1, -0.05) is 43.0 Å². The van der Waals surface area contributed by atoms with Gasteiger partial charge >= 0.3 is 6.01 Å². The zero-order valence-corrected chi connectivity index (χ0v) is 21.3. The monoisotopic (exact) mass is 469 g/mol. The van der Waals surface area contributed by atoms with Gasteiger partial charge in [0.1, 0.15) is 25.2 Å². The van der Waals surface area contributed by atoms with Gasteiger partial charge in [0.05, 0.1) is 18.9 Å². The number of rotatable bonds is 16. The van der Waals surface area contributed by atoms with Crippen LogP contribution in [0, 0.1) is 13.8 Å². The average molecular weight is 470 g/mol. The number of hydrogen-bond donors (Lipinski definition) is 0. The fraction of sp³-hybridized carbons (Fsp3) is 0.519. The van der Waals surface area contributed by atoms with Gasteiger partial charge in [-0.3, -0.25) is 0 Å². The maximum Gasteiger partial charge on any atom is 0.316 e. The quantitative estimate of drug-likeness (QED) is 0.126. The lowest BCUT2D eigenvalue weighted by Gasteiger charge is -2.14. The predicted molar refractivity (Wildman–Crippen MR) is 136 cm³/mol. The minimum atomic E-state index is 0.397. The van der Waals surface area contributed by atoms with E-state index in [0.717, 1.165) is 66.2 Å². The van der Waals surface area contributed by atoms with Gasteiger partial charge in [-0.25, -0.2) is 9.97 Å². The molecule has 1 aromatic heterocycles. The van der Waals surface area contributed by atoms with Gasteiger partial charge in [-0.2, -0.15) is 0 Å². The molecule has 0 atom stereocenters. The number of nitrogens with zero attached hydrogens (tertiary/aromatic N) is 3. The number of aryl methyl sites for hydroxylation is 2. The molecule has 0 bridgehead atoms. The van der Waals surface area contributed by atoms with Gasteiger partial charge < -0.3 is 19.0 Å². The van der Waals surface area contributed by atoms with Crippen LogP contribution in [0.4, 0.5) is 0 Å². The van der Waals surface area contributed by atoms with E-state index in [1.807, 2.05) is 38.1 Å². The van der Waals surface area contributed by atoms with Crippen molar-refractivity contribution in [1.29, 1.82) is 0 Å². The van der Waals surface area contributed by atoms with Gasteiger partial charge in [0.2, 0.25) is 0 Å². The lowest BCUT2D eigenvalue weighted by atomic mass is 10.1. The summed E-state index contributed by atoms with van der Waals surface area (Å²) < 4.78 is 17.4. The number of hydrogen-bond acceptors (Lipinski definition) is 7. The molecule has 2 aromatic rings. The Morgan fingerprint density at radius 2 is 1.47 bits per heavy atom. The molecule has 2 rings (SSSR count). The van der Waals surface area contributed by atoms with E-state index in [-0.39, 0.29) is 0 Å². The van der Waals surface area contributed by atoms with E-state index >= 15 is 0 Å². The third-order valence-corrected chi connectivity index (χ3v) is 5.31. The zero-order valence-electron chi connectivity index (χ0n) is 21.3. The Balaban J connectivity index is 1.54. The number of unbranched alkanes of at least 4 members (excludes halogenated alkanes) is 5. The summed E-state index contributed by atoms with van der Waals surface area (Å²) in [6, 6.07) is 4.49. The molecule has 1 aromatic carbocycles. The molecule has 7 heteroatoms. The van der Waals surface area contributed by atoms with Crippen molar-refractivity contribution in [3.8, 4) is 17.5 Å². The van der Waals surface area contributed by atoms with Crippen molar-refractivity contribution in [3.63, 3.8) is 0 Å². The maximum atomic E-state index is 6.06. The Morgan fingerprint density at radius 3 is 2.06 bits per heavy atom. The Bertz CT molecular complexity index is 888. The summed E-state index contributed by atoms with van der Waals surface area (Å²) in [5.41, 5.74) is 3.78. The highest BCUT2D eigenvalue weighted by atomic mass is 16.6. The highest BCUT2D eigenvalue weighted by molar-refractivity contribution is 5.97. The van der Waals surface area contributed by atoms with Crippen molar-refractivity contribution in [2.75, 3.05) is 26.9 Å². The van der Waals surface area contributed by atoms with Crippen molar-refractivity contribution in [2.45, 2.75) is 66.2 Å². The first kappa shape index (κ1) is 27.2. The molecule has 0 aliphatic rings. The van der Waals surface area contributed by atoms with Crippen LogP contribution in [0.3, 0.4) is 0 Å². The standard InChI is InChI=1S/C27H39N3O4/c1-6-7-14-32-25-17-21(2)26(22(3)18-25)33-15-12-10-8-9-11-13-16-34-27-28-19-24(20-29-27)23(4)30-31-5/h6-7,17-20H,8-16H2,1-5H3/b7-6+,30-23?. The summed E-state index contributed by atoms with van der Waals surface area (Å²) in [6.45, 7) is 9.94. The Morgan fingerprint density at radius 1 is 0.882 bits per heavy atom. The average Bonchev–Trinajstić information content (AvgIpc) is 2.82. The second kappa shape index (κ2) is 15.7. The van der Waals surface area contributed by atoms with Crippen molar-refractivity contribution in [2.24, 2.45) is 5.16 Å². The van der Waals surface area contributed by atoms with E-state index in [9.17, 15) is 0 Å². The molecular weight excluding hydrogens is 430 g/mol. The minimum absolute atomic E-state index is 0.397. The first-order chi connectivity index (χ1) is 16.5. The van der Waals surface area contributed by atoms with E-state index in [0.29, 0.717) is 19.2 Å². The topological polar surface area (TPSA) is 75.1 Å². The van der Waals surface area contributed by atoms with Crippen LogP contribution in [0.2, 0.25) is 0 Å². The smallest absolute Gasteiger partial charge is 0.316 e. The van der Waals surface area contributed by atoms with Crippen LogP contribution in [0.15, 0.2) is 41.8 Å². The largest absolute Gasteiger partial charge is 0.493 e. The summed E-state index contributed by atoms with van der Waals surface area (Å²) in [4.78, 5) is 13.2. The van der Waals surface area contributed by atoms with E-state index in [1.54, 1.807) is 12.4 Å². The second-order valence-corrected chi connectivity index (χ2v) is 8.20. The number of aromatic nitrogens is 2. The first-order valence-corrected chi connectivity index (χ1v) is 12.1. The predicted octanol–water partition coefficient (Wildman–Crippen LogP) is 6.22. The SMILES string of the molecule is C/C=C/COc1cc(C)c(OCCCCCCCCOc2ncc(C(C)=NOC)cn2)c(C)c1. The third-order valence-electron chi connectivity index (χ3n) is 5.31. The Hall–Kier alpha value is -3.09. The van der Waals surface area contributed by atoms with Crippen molar-refractivity contribution in [1.82, 2.24) is 9.97 Å². The van der Waals surface area contributed by atoms with E-state index in [2.05, 4.69) is 29.0 Å². The molecule has 0 unspecified atom stereocenters. The van der Waals surface area contributed by atoms with Crippen LogP contribution in [0.5, 0.6) is 17.5 Å². The molecule has 0 saturated carbocycles. The molecule has 0 fully saturated rings. The molecule has 7 nitrogen and oxygen atoms in total. The molecule has 0 N–H and O–H groups in total. The molecule has 0 spiro atoms. The molecule has 186 valence electrons. The molecule has 0 saturated heterocycles. The third kappa shape index (κ3) is 9.81. The van der Waals surface area contributed by atoms with Gasteiger partial charge in [0.15, 0.2) is 0 Å². The molecule has 0 amide bonds. The van der Waals surface area contributed by atoms with Gasteiger partial charge in [-0.05, 0) is 63.8 Å². The number of ether oxygens (including phenoxy) is 3. The molecule has 0 aliphatic heterocycles. The summed E-state index contributed by atoms with van der Waals surface area (Å²) in [6.07, 6.45) is 14.1. The number of oxime groups is 1. The maximum absolute atomic E-state index is 6.06. The molecule has 1 heterocycles. The van der Waals surface area contributed by atoms with Gasteiger partial charge in [0.25, 0.3) is 0 Å². The number of allylic oxidation sites excluding steroid dienone is 1. The first-order valence-electron chi connectivity index (χ1n) is 12.1. The fourth-order valence-corrected chi connectivity index (χ4v) is 3.48. The van der Waals surface area contributed by atoms with E-state index < -0.39 is 0 Å². The van der Waals surface area contributed by atoms with Crippen LogP contribution in [-0.2, 0) is 4.84 Å². The van der Waals surface area contributed by atoms with Crippen LogP contribution in [0.25, 0.3) is 0 Å². The van der Waals surface area contributed by atoms with E-state index in [4.69, 9.17) is 19.0 Å². The fourth-order valence-electron chi connectivity index (χ4n) is 3.48. The molecular formula is C27H39N3O4. The van der Waals surface area contributed by atoms with E-state index in [1.165, 1.54) is 20.0 Å². The van der Waals surface area contributed by atoms with Gasteiger partial charge in [0, 0.05) is 18.0 Å². The summed E-state index contributed by atoms with van der Waals surface area (Å²) in [5, 5.41) is 3.87. The molecule has 0 radical (unpaired) electrons. The van der Waals surface area contributed by atoms with Crippen LogP contribution >= 0.6 is 0 Å². The summed E-state index contributed by atoms with van der Waals surface area (Å²) in [7, 11) is 1.51. The van der Waals surface area contributed by atoms with Crippen LogP contribution in [-0.4, -0.2) is 42.6 Å². The lowest BCUT2D eigenvalue weighted by molar-refractivity contribution is 0.213. The summed E-state index contributed by atoms with van der Waals surface area (Å²) in [5.74, 6) is 1.87. The van der Waals surface area contributed by atoms with Crippen molar-refractivity contribution >= 4 is 5.71 Å². The second-order valence-electron chi connectivity index (χ2n) is 8.20. The zero-order chi connectivity index (χ0) is 24.6. The minimum Gasteiger partial charge on any atom is -0.493 e. The van der Waals surface area contributed by atoms with Gasteiger partial charge in [-0.15, -0.1) is 0 Å². The van der Waals surface area contributed by atoms with Crippen LogP contribution < -0.4 is 14.2 Å². The lowest BCUT2D eigenvalue weighted by Crippen LogP contribution is -2.04. The molecule has 0 aliphatic carbocycles. The van der Waals surface area contributed by atoms with Crippen LogP contribution in [0.1, 0.15) is 69.1 Å². The highest BCUT2D eigenvalue weighted by Crippen LogP contribution is 2.28. The number of benzene rings is 1. The highest BCUT2D eigenvalue weighted by Gasteiger charge is 2.07. The Labute approximate surface area is 204 Å². The summed E-state index contributed by atoms with van der Waals surface area (Å²) >= 11 is 0. The van der Waals surface area contributed by atoms with Crippen molar-refractivity contribution < 1.29 is 19.0 Å². The molecule has 34 heavy (non-hydrogen) atoms. The van der Waals surface area contributed by atoms with Crippen molar-refractivity contribution in [3.05, 3.63) is 53.4 Å². The normalized spacial score (nSPS) is 11.6. The Kier molecular flexibility index (Phi) is 12.5.